The number of nitrogens with one attached hydrogen (secondary N) is 1. The first-order valence-corrected chi connectivity index (χ1v) is 9.26. The van der Waals surface area contributed by atoms with E-state index in [1.807, 2.05) is 24.4 Å². The third-order valence-electron chi connectivity index (χ3n) is 3.62. The second kappa shape index (κ2) is 10.3. The Morgan fingerprint density at radius 3 is 2.74 bits per heavy atom. The maximum absolute atomic E-state index is 12.5. The minimum Gasteiger partial charge on any atom is -0.378 e. The molecule has 4 nitrogen and oxygen atoms in total. The molecule has 1 amide bonds. The second-order valence-corrected chi connectivity index (χ2v) is 6.54. The SMILES string of the molecule is CCCCNC(=O)/C(=C/N1CCOCC1)SCc1ccccc1. The van der Waals surface area contributed by atoms with E-state index in [4.69, 9.17) is 4.74 Å². The van der Waals surface area contributed by atoms with Crippen LogP contribution in [0.25, 0.3) is 0 Å². The van der Waals surface area contributed by atoms with Gasteiger partial charge in [0.25, 0.3) is 5.91 Å². The van der Waals surface area contributed by atoms with Crippen molar-refractivity contribution in [2.45, 2.75) is 25.5 Å². The molecule has 5 heteroatoms. The van der Waals surface area contributed by atoms with Gasteiger partial charge in [-0.05, 0) is 12.0 Å². The number of benzene rings is 1. The van der Waals surface area contributed by atoms with E-state index in [1.54, 1.807) is 11.8 Å². The molecule has 126 valence electrons. The van der Waals surface area contributed by atoms with Crippen LogP contribution in [0.15, 0.2) is 41.4 Å². The van der Waals surface area contributed by atoms with Crippen molar-refractivity contribution in [2.75, 3.05) is 32.8 Å². The molecule has 0 aliphatic carbocycles. The summed E-state index contributed by atoms with van der Waals surface area (Å²) in [6.45, 7) is 6.01. The van der Waals surface area contributed by atoms with E-state index in [9.17, 15) is 4.79 Å². The Morgan fingerprint density at radius 2 is 2.04 bits per heavy atom. The maximum atomic E-state index is 12.5. The lowest BCUT2D eigenvalue weighted by atomic mass is 10.2. The fourth-order valence-corrected chi connectivity index (χ4v) is 3.18. The van der Waals surface area contributed by atoms with Crippen molar-refractivity contribution in [1.82, 2.24) is 10.2 Å². The van der Waals surface area contributed by atoms with Crippen LogP contribution >= 0.6 is 11.8 Å². The monoisotopic (exact) mass is 334 g/mol. The average molecular weight is 334 g/mol. The Morgan fingerprint density at radius 1 is 1.30 bits per heavy atom. The highest BCUT2D eigenvalue weighted by atomic mass is 32.2. The Labute approximate surface area is 143 Å². The van der Waals surface area contributed by atoms with Gasteiger partial charge in [0.1, 0.15) is 0 Å². The molecule has 2 rings (SSSR count). The first-order chi connectivity index (χ1) is 11.3. The van der Waals surface area contributed by atoms with Gasteiger partial charge in [0.2, 0.25) is 0 Å². The number of morpholine rings is 1. The first kappa shape index (κ1) is 17.9. The van der Waals surface area contributed by atoms with Gasteiger partial charge >= 0.3 is 0 Å². The van der Waals surface area contributed by atoms with Crippen molar-refractivity contribution in [3.05, 3.63) is 47.0 Å². The average Bonchev–Trinajstić information content (AvgIpc) is 2.60. The van der Waals surface area contributed by atoms with Gasteiger partial charge < -0.3 is 15.0 Å². The highest BCUT2D eigenvalue weighted by molar-refractivity contribution is 8.03. The van der Waals surface area contributed by atoms with Crippen molar-refractivity contribution < 1.29 is 9.53 Å². The van der Waals surface area contributed by atoms with Gasteiger partial charge in [-0.3, -0.25) is 4.79 Å². The number of amides is 1. The van der Waals surface area contributed by atoms with Crippen molar-refractivity contribution in [2.24, 2.45) is 0 Å². The minimum atomic E-state index is 0.0332. The Bertz CT molecular complexity index is 499. The molecule has 0 atom stereocenters. The molecule has 0 radical (unpaired) electrons. The van der Waals surface area contributed by atoms with Crippen molar-refractivity contribution >= 4 is 17.7 Å². The Balaban J connectivity index is 1.97. The van der Waals surface area contributed by atoms with Crippen LogP contribution in [-0.4, -0.2) is 43.7 Å². The molecule has 1 fully saturated rings. The van der Waals surface area contributed by atoms with E-state index in [0.717, 1.165) is 56.3 Å². The third-order valence-corrected chi connectivity index (χ3v) is 4.70. The highest BCUT2D eigenvalue weighted by Gasteiger charge is 2.14. The summed E-state index contributed by atoms with van der Waals surface area (Å²) in [6.07, 6.45) is 4.09. The summed E-state index contributed by atoms with van der Waals surface area (Å²) < 4.78 is 5.37. The first-order valence-electron chi connectivity index (χ1n) is 8.28. The van der Waals surface area contributed by atoms with Gasteiger partial charge in [-0.15, -0.1) is 11.8 Å². The summed E-state index contributed by atoms with van der Waals surface area (Å²) in [6, 6.07) is 10.3. The van der Waals surface area contributed by atoms with Crippen molar-refractivity contribution in [3.8, 4) is 0 Å². The molecule has 0 saturated carbocycles. The summed E-state index contributed by atoms with van der Waals surface area (Å²) in [7, 11) is 0. The van der Waals surface area contributed by atoms with E-state index in [0.29, 0.717) is 0 Å². The fraction of sp³-hybridized carbons (Fsp3) is 0.500. The van der Waals surface area contributed by atoms with Crippen molar-refractivity contribution in [1.29, 1.82) is 0 Å². The zero-order valence-electron chi connectivity index (χ0n) is 13.8. The van der Waals surface area contributed by atoms with E-state index >= 15 is 0 Å². The van der Waals surface area contributed by atoms with Crippen LogP contribution in [0.3, 0.4) is 0 Å². The lowest BCUT2D eigenvalue weighted by Gasteiger charge is -2.26. The fourth-order valence-electron chi connectivity index (χ4n) is 2.23. The van der Waals surface area contributed by atoms with Crippen molar-refractivity contribution in [3.63, 3.8) is 0 Å². The molecule has 0 unspecified atom stereocenters. The number of hydrogen-bond donors (Lipinski definition) is 1. The normalized spacial score (nSPS) is 15.5. The van der Waals surface area contributed by atoms with Crippen LogP contribution in [0.4, 0.5) is 0 Å². The summed E-state index contributed by atoms with van der Waals surface area (Å²) in [4.78, 5) is 15.4. The zero-order chi connectivity index (χ0) is 16.3. The van der Waals surface area contributed by atoms with Gasteiger partial charge in [-0.2, -0.15) is 0 Å². The molecule has 0 spiro atoms. The van der Waals surface area contributed by atoms with E-state index in [-0.39, 0.29) is 5.91 Å². The molecular weight excluding hydrogens is 308 g/mol. The Hall–Kier alpha value is -1.46. The second-order valence-electron chi connectivity index (χ2n) is 5.53. The van der Waals surface area contributed by atoms with Crippen LogP contribution in [-0.2, 0) is 15.3 Å². The number of rotatable bonds is 8. The van der Waals surface area contributed by atoms with Crippen LogP contribution < -0.4 is 5.32 Å². The third kappa shape index (κ3) is 6.67. The van der Waals surface area contributed by atoms with Crippen LogP contribution in [0.2, 0.25) is 0 Å². The summed E-state index contributed by atoms with van der Waals surface area (Å²) >= 11 is 1.60. The molecule has 1 aliphatic rings. The predicted octanol–water partition coefficient (Wildman–Crippen LogP) is 3.01. The van der Waals surface area contributed by atoms with Crippen LogP contribution in [0.1, 0.15) is 25.3 Å². The molecule has 0 aromatic heterocycles. The van der Waals surface area contributed by atoms with E-state index < -0.39 is 0 Å². The number of carbonyl (C=O) groups excluding carboxylic acids is 1. The number of unbranched alkanes of at least 4 members (excludes halogenated alkanes) is 1. The molecule has 1 aliphatic heterocycles. The zero-order valence-corrected chi connectivity index (χ0v) is 14.6. The van der Waals surface area contributed by atoms with Crippen LogP contribution in [0.5, 0.6) is 0 Å². The minimum absolute atomic E-state index is 0.0332. The lowest BCUT2D eigenvalue weighted by Crippen LogP contribution is -2.34. The summed E-state index contributed by atoms with van der Waals surface area (Å²) in [5.41, 5.74) is 1.23. The molecule has 1 aromatic rings. The topological polar surface area (TPSA) is 41.6 Å². The summed E-state index contributed by atoms with van der Waals surface area (Å²) in [5.74, 6) is 0.837. The van der Waals surface area contributed by atoms with Gasteiger partial charge in [-0.25, -0.2) is 0 Å². The molecule has 1 aromatic carbocycles. The van der Waals surface area contributed by atoms with Crippen LogP contribution in [0, 0.1) is 0 Å². The standard InChI is InChI=1S/C18H26N2O2S/c1-2-3-9-19-18(21)17(14-20-10-12-22-13-11-20)23-15-16-7-5-4-6-8-16/h4-8,14H,2-3,9-13,15H2,1H3,(H,19,21)/b17-14-. The van der Waals surface area contributed by atoms with Gasteiger partial charge in [0, 0.05) is 31.6 Å². The quantitative estimate of drug-likeness (QED) is 0.586. The van der Waals surface area contributed by atoms with Gasteiger partial charge in [0.15, 0.2) is 0 Å². The Kier molecular flexibility index (Phi) is 8.04. The van der Waals surface area contributed by atoms with E-state index in [1.165, 1.54) is 5.56 Å². The molecule has 23 heavy (non-hydrogen) atoms. The number of carbonyl (C=O) groups is 1. The molecule has 0 bridgehead atoms. The van der Waals surface area contributed by atoms with Gasteiger partial charge in [-0.1, -0.05) is 43.7 Å². The highest BCUT2D eigenvalue weighted by Crippen LogP contribution is 2.22. The smallest absolute Gasteiger partial charge is 0.259 e. The number of ether oxygens (including phenoxy) is 1. The maximum Gasteiger partial charge on any atom is 0.259 e. The molecule has 1 saturated heterocycles. The van der Waals surface area contributed by atoms with E-state index in [2.05, 4.69) is 29.3 Å². The largest absolute Gasteiger partial charge is 0.378 e. The molecule has 1 heterocycles. The predicted molar refractivity (Wildman–Crippen MR) is 96.1 cm³/mol. The number of thioether (sulfide) groups is 1. The number of hydrogen-bond acceptors (Lipinski definition) is 4. The lowest BCUT2D eigenvalue weighted by molar-refractivity contribution is -0.116. The molecular formula is C18H26N2O2S. The van der Waals surface area contributed by atoms with Gasteiger partial charge in [0.05, 0.1) is 18.1 Å². The summed E-state index contributed by atoms with van der Waals surface area (Å²) in [5, 5.41) is 3.02. The number of nitrogens with zero attached hydrogens (tertiary/aromatic N) is 1. The molecule has 1 N–H and O–H groups in total.